The van der Waals surface area contributed by atoms with Gasteiger partial charge in [0.05, 0.1) is 34.4 Å². The summed E-state index contributed by atoms with van der Waals surface area (Å²) in [6.07, 6.45) is 60.6. The average Bonchev–Trinajstić information content (AvgIpc) is 3.29. The summed E-state index contributed by atoms with van der Waals surface area (Å²) in [5.41, 5.74) is 0. The van der Waals surface area contributed by atoms with Crippen LogP contribution >= 0.6 is 0 Å². The first-order valence-electron chi connectivity index (χ1n) is 28.5. The van der Waals surface area contributed by atoms with Crippen LogP contribution in [0.4, 0.5) is 0 Å². The number of likely N-dealkylation sites (N-methyl/N-ethyl adjacent to an activating group) is 1. The van der Waals surface area contributed by atoms with E-state index in [-0.39, 0.29) is 36.2 Å². The molecule has 0 aromatic heterocycles. The number of aliphatic carboxylic acids is 1. The van der Waals surface area contributed by atoms with Crippen LogP contribution in [0.1, 0.15) is 271 Å². The Morgan fingerprint density at radius 2 is 0.791 bits per heavy atom. The van der Waals surface area contributed by atoms with E-state index < -0.39 is 18.1 Å². The van der Waals surface area contributed by atoms with Gasteiger partial charge in [-0.15, -0.1) is 0 Å². The maximum absolute atomic E-state index is 12.8. The van der Waals surface area contributed by atoms with Crippen molar-refractivity contribution in [1.82, 2.24) is 0 Å². The van der Waals surface area contributed by atoms with Gasteiger partial charge in [-0.1, -0.05) is 217 Å². The highest BCUT2D eigenvalue weighted by Crippen LogP contribution is 2.16. The summed E-state index contributed by atoms with van der Waals surface area (Å²) in [5, 5.41) is 9.67. The van der Waals surface area contributed by atoms with E-state index in [1.54, 1.807) is 0 Å². The van der Waals surface area contributed by atoms with Crippen LogP contribution in [0.3, 0.4) is 0 Å². The number of rotatable bonds is 52. The van der Waals surface area contributed by atoms with Gasteiger partial charge in [0.2, 0.25) is 0 Å². The van der Waals surface area contributed by atoms with Crippen molar-refractivity contribution in [2.75, 3.05) is 41.0 Å². The van der Waals surface area contributed by atoms with Crippen LogP contribution in [-0.2, 0) is 28.6 Å². The molecule has 0 saturated heterocycles. The molecule has 0 fully saturated rings. The first-order chi connectivity index (χ1) is 32.6. The predicted octanol–water partition coefficient (Wildman–Crippen LogP) is 16.9. The van der Waals surface area contributed by atoms with E-state index in [2.05, 4.69) is 50.3 Å². The Kier molecular flexibility index (Phi) is 48.1. The lowest BCUT2D eigenvalue weighted by atomic mass is 10.1. The molecule has 0 bridgehead atoms. The van der Waals surface area contributed by atoms with E-state index in [1.807, 2.05) is 21.1 Å². The highest BCUT2D eigenvalue weighted by Gasteiger charge is 2.31. The number of carbonyl (C=O) groups excluding carboxylic acids is 2. The number of unbranched alkanes of at least 4 members (excludes halogenated alkanes) is 32. The molecule has 0 aliphatic carbocycles. The summed E-state index contributed by atoms with van der Waals surface area (Å²) in [5.74, 6) is -1.47. The summed E-state index contributed by atoms with van der Waals surface area (Å²) in [4.78, 5) is 37.3. The smallest absolute Gasteiger partial charge is 0.362 e. The Hall–Kier alpha value is -2.45. The van der Waals surface area contributed by atoms with Gasteiger partial charge in [-0.05, 0) is 70.6 Å². The molecular weight excluding hydrogens is 835 g/mol. The molecule has 2 atom stereocenters. The zero-order valence-corrected chi connectivity index (χ0v) is 44.9. The van der Waals surface area contributed by atoms with Crippen molar-refractivity contribution in [3.8, 4) is 0 Å². The minimum atomic E-state index is -0.874. The van der Waals surface area contributed by atoms with Crippen LogP contribution in [0.5, 0.6) is 0 Å². The fourth-order valence-electron chi connectivity index (χ4n) is 8.59. The van der Waals surface area contributed by atoms with E-state index >= 15 is 0 Å². The monoisotopic (exact) mass is 945 g/mol. The minimum Gasteiger partial charge on any atom is -0.477 e. The zero-order valence-electron chi connectivity index (χ0n) is 44.9. The maximum Gasteiger partial charge on any atom is 0.362 e. The van der Waals surface area contributed by atoms with E-state index in [9.17, 15) is 19.5 Å². The minimum absolute atomic E-state index is 0.0548. The molecule has 0 heterocycles. The number of ether oxygens (including phenoxy) is 3. The van der Waals surface area contributed by atoms with Crippen molar-refractivity contribution in [2.24, 2.45) is 0 Å². The Labute approximate surface area is 414 Å². The van der Waals surface area contributed by atoms with Crippen LogP contribution in [0.25, 0.3) is 0 Å². The van der Waals surface area contributed by atoms with Crippen molar-refractivity contribution < 1.29 is 38.2 Å². The molecule has 0 spiro atoms. The quantitative estimate of drug-likeness (QED) is 0.0281. The Bertz CT molecular complexity index is 1190. The second kappa shape index (κ2) is 50.0. The molecule has 1 N–H and O–H groups in total. The molecule has 0 aliphatic rings. The largest absolute Gasteiger partial charge is 0.477 e. The number of nitrogens with zero attached hydrogens (tertiary/aromatic N) is 1. The van der Waals surface area contributed by atoms with E-state index in [0.717, 1.165) is 51.4 Å². The maximum atomic E-state index is 12.8. The molecule has 0 aromatic carbocycles. The molecular formula is C59H110NO7+. The summed E-state index contributed by atoms with van der Waals surface area (Å²) < 4.78 is 17.4. The van der Waals surface area contributed by atoms with Crippen LogP contribution in [0.15, 0.2) is 36.5 Å². The van der Waals surface area contributed by atoms with Crippen LogP contribution < -0.4 is 0 Å². The molecule has 0 saturated carbocycles. The van der Waals surface area contributed by atoms with Gasteiger partial charge in [-0.25, -0.2) is 4.79 Å². The van der Waals surface area contributed by atoms with E-state index in [0.29, 0.717) is 19.3 Å². The number of carbonyl (C=O) groups is 3. The standard InChI is InChI=1S/C59H109NO7/c1-6-8-10-12-14-16-18-20-22-24-26-28-30-31-33-35-37-39-41-43-45-47-49-57(61)66-54-55(53-65-52-51-56(59(63)64)60(3,4)5)67-58(62)50-48-46-44-42-40-38-36-34-32-29-27-25-23-21-19-17-15-13-11-9-7-2/h24,26,29-32,55-56H,6-23,25,27-28,33-54H2,1-5H3/p+1/b26-24+,31-30+,32-29+. The third-order valence-corrected chi connectivity index (χ3v) is 13.0. The molecule has 8 nitrogen and oxygen atoms in total. The van der Waals surface area contributed by atoms with Crippen molar-refractivity contribution in [3.05, 3.63) is 36.5 Å². The highest BCUT2D eigenvalue weighted by molar-refractivity contribution is 5.72. The molecule has 0 rings (SSSR count). The highest BCUT2D eigenvalue weighted by atomic mass is 16.6. The van der Waals surface area contributed by atoms with Crippen LogP contribution in [0, 0.1) is 0 Å². The number of esters is 2. The van der Waals surface area contributed by atoms with Crippen molar-refractivity contribution in [3.63, 3.8) is 0 Å². The Morgan fingerprint density at radius 3 is 1.16 bits per heavy atom. The number of carboxylic acid groups (broad SMARTS) is 1. The molecule has 0 aliphatic heterocycles. The van der Waals surface area contributed by atoms with Gasteiger partial charge in [0.25, 0.3) is 0 Å². The summed E-state index contributed by atoms with van der Waals surface area (Å²) in [7, 11) is 5.54. The molecule has 8 heteroatoms. The number of carboxylic acids is 1. The number of hydrogen-bond acceptors (Lipinski definition) is 6. The molecule has 392 valence electrons. The molecule has 2 unspecified atom stereocenters. The topological polar surface area (TPSA) is 99.1 Å². The number of quaternary nitrogens is 1. The average molecular weight is 946 g/mol. The van der Waals surface area contributed by atoms with Crippen LogP contribution in [-0.4, -0.2) is 80.6 Å². The van der Waals surface area contributed by atoms with Crippen molar-refractivity contribution in [2.45, 2.75) is 283 Å². The third kappa shape index (κ3) is 48.4. The summed E-state index contributed by atoms with van der Waals surface area (Å²) >= 11 is 0. The zero-order chi connectivity index (χ0) is 49.2. The van der Waals surface area contributed by atoms with Gasteiger partial charge in [0.15, 0.2) is 12.1 Å². The molecule has 0 aromatic rings. The van der Waals surface area contributed by atoms with Gasteiger partial charge >= 0.3 is 17.9 Å². The van der Waals surface area contributed by atoms with Gasteiger partial charge in [-0.2, -0.15) is 0 Å². The molecule has 0 radical (unpaired) electrons. The molecule has 0 amide bonds. The fraction of sp³-hybridized carbons (Fsp3) is 0.847. The lowest BCUT2D eigenvalue weighted by molar-refractivity contribution is -0.887. The van der Waals surface area contributed by atoms with Crippen molar-refractivity contribution in [1.29, 1.82) is 0 Å². The third-order valence-electron chi connectivity index (χ3n) is 13.0. The normalized spacial score (nSPS) is 13.0. The predicted molar refractivity (Wildman–Crippen MR) is 285 cm³/mol. The summed E-state index contributed by atoms with van der Waals surface area (Å²) in [6.45, 7) is 4.77. The van der Waals surface area contributed by atoms with Crippen molar-refractivity contribution >= 4 is 17.9 Å². The van der Waals surface area contributed by atoms with Gasteiger partial charge in [0, 0.05) is 19.3 Å². The first kappa shape index (κ1) is 64.5. The first-order valence-corrected chi connectivity index (χ1v) is 28.5. The Balaban J connectivity index is 4.19. The lowest BCUT2D eigenvalue weighted by Crippen LogP contribution is -2.50. The second-order valence-corrected chi connectivity index (χ2v) is 20.5. The van der Waals surface area contributed by atoms with Gasteiger partial charge in [-0.3, -0.25) is 9.59 Å². The van der Waals surface area contributed by atoms with E-state index in [4.69, 9.17) is 14.2 Å². The number of allylic oxidation sites excluding steroid dienone is 6. The number of hydrogen-bond donors (Lipinski definition) is 1. The Morgan fingerprint density at radius 1 is 0.448 bits per heavy atom. The lowest BCUT2D eigenvalue weighted by Gasteiger charge is -2.31. The summed E-state index contributed by atoms with van der Waals surface area (Å²) in [6, 6.07) is -0.617. The van der Waals surface area contributed by atoms with E-state index in [1.165, 1.54) is 186 Å². The second-order valence-electron chi connectivity index (χ2n) is 20.5. The van der Waals surface area contributed by atoms with Gasteiger partial charge < -0.3 is 23.8 Å². The SMILES string of the molecule is CCCCCCCCCC/C=C/C/C=C/CCCCCCCCCC(=O)OCC(COCCC(C(=O)O)[N+](C)(C)C)OC(=O)CCCCCCCCC/C=C/CCCCCCCCCCCC. The van der Waals surface area contributed by atoms with Crippen LogP contribution in [0.2, 0.25) is 0 Å². The fourth-order valence-corrected chi connectivity index (χ4v) is 8.59. The van der Waals surface area contributed by atoms with Gasteiger partial charge in [0.1, 0.15) is 6.61 Å². The molecule has 67 heavy (non-hydrogen) atoms.